The molecule has 1 aromatic rings. The van der Waals surface area contributed by atoms with E-state index in [1.807, 2.05) is 0 Å². The zero-order valence-electron chi connectivity index (χ0n) is 11.4. The molecule has 0 spiro atoms. The van der Waals surface area contributed by atoms with E-state index in [1.165, 1.54) is 16.5 Å². The summed E-state index contributed by atoms with van der Waals surface area (Å²) in [7, 11) is 1.77. The van der Waals surface area contributed by atoms with Crippen LogP contribution in [0.3, 0.4) is 0 Å². The molecule has 0 heterocycles. The summed E-state index contributed by atoms with van der Waals surface area (Å²) in [6, 6.07) is 8.52. The van der Waals surface area contributed by atoms with Crippen molar-refractivity contribution in [1.82, 2.24) is 5.32 Å². The largest absolute Gasteiger partial charge is 0.385 e. The third-order valence-electron chi connectivity index (χ3n) is 3.06. The van der Waals surface area contributed by atoms with Crippen molar-refractivity contribution in [3.05, 3.63) is 34.3 Å². The van der Waals surface area contributed by atoms with Crippen molar-refractivity contribution in [3.8, 4) is 0 Å². The summed E-state index contributed by atoms with van der Waals surface area (Å²) < 4.78 is 6.37. The molecule has 3 heteroatoms. The molecule has 0 saturated heterocycles. The van der Waals surface area contributed by atoms with Crippen molar-refractivity contribution >= 4 is 15.9 Å². The lowest BCUT2D eigenvalue weighted by Gasteiger charge is -2.19. The number of rotatable bonds is 9. The fourth-order valence-corrected chi connectivity index (χ4v) is 2.71. The number of halogens is 1. The predicted octanol–water partition coefficient (Wildman–Crippen LogP) is 3.96. The third kappa shape index (κ3) is 5.51. The van der Waals surface area contributed by atoms with E-state index in [1.54, 1.807) is 7.11 Å². The lowest BCUT2D eigenvalue weighted by molar-refractivity contribution is 0.190. The Morgan fingerprint density at radius 2 is 2.11 bits per heavy atom. The van der Waals surface area contributed by atoms with Crippen molar-refractivity contribution in [2.24, 2.45) is 0 Å². The maximum absolute atomic E-state index is 5.15. The Hall–Kier alpha value is -0.380. The van der Waals surface area contributed by atoms with Gasteiger partial charge in [-0.1, -0.05) is 41.1 Å². The van der Waals surface area contributed by atoms with Crippen LogP contribution >= 0.6 is 15.9 Å². The van der Waals surface area contributed by atoms with E-state index in [-0.39, 0.29) is 0 Å². The summed E-state index contributed by atoms with van der Waals surface area (Å²) in [5.74, 6) is 0.558. The molecular formula is C15H24BrNO. The molecule has 2 nitrogen and oxygen atoms in total. The van der Waals surface area contributed by atoms with Crippen molar-refractivity contribution in [2.75, 3.05) is 26.8 Å². The van der Waals surface area contributed by atoms with Crippen molar-refractivity contribution < 1.29 is 4.74 Å². The zero-order valence-corrected chi connectivity index (χ0v) is 13.0. The first-order chi connectivity index (χ1) is 8.79. The summed E-state index contributed by atoms with van der Waals surface area (Å²) in [4.78, 5) is 0. The molecule has 0 fully saturated rings. The van der Waals surface area contributed by atoms with E-state index in [0.29, 0.717) is 5.92 Å². The van der Waals surface area contributed by atoms with Gasteiger partial charge in [-0.25, -0.2) is 0 Å². The molecule has 1 unspecified atom stereocenters. The minimum Gasteiger partial charge on any atom is -0.385 e. The first-order valence-corrected chi connectivity index (χ1v) is 7.53. The Bertz CT molecular complexity index is 320. The third-order valence-corrected chi connectivity index (χ3v) is 3.79. The van der Waals surface area contributed by atoms with Crippen molar-refractivity contribution in [1.29, 1.82) is 0 Å². The Morgan fingerprint density at radius 3 is 2.78 bits per heavy atom. The number of hydrogen-bond donors (Lipinski definition) is 1. The molecule has 0 aliphatic rings. The average molecular weight is 314 g/mol. The second kappa shape index (κ2) is 9.54. The van der Waals surface area contributed by atoms with Gasteiger partial charge in [0.05, 0.1) is 0 Å². The molecule has 0 bridgehead atoms. The summed E-state index contributed by atoms with van der Waals surface area (Å²) in [6.45, 7) is 5.17. The SMILES string of the molecule is CCCNCC(CCCOC)c1ccccc1Br. The summed E-state index contributed by atoms with van der Waals surface area (Å²) >= 11 is 3.66. The Balaban J connectivity index is 2.60. The standard InChI is InChI=1S/C15H24BrNO/c1-3-10-17-12-13(7-6-11-18-2)14-8-4-5-9-15(14)16/h4-5,8-9,13,17H,3,6-7,10-12H2,1-2H3. The van der Waals surface area contributed by atoms with Crippen LogP contribution in [0.5, 0.6) is 0 Å². The maximum Gasteiger partial charge on any atom is 0.0462 e. The molecule has 0 saturated carbocycles. The van der Waals surface area contributed by atoms with Gasteiger partial charge in [-0.3, -0.25) is 0 Å². The summed E-state index contributed by atoms with van der Waals surface area (Å²) in [5, 5.41) is 3.53. The van der Waals surface area contributed by atoms with Crippen molar-refractivity contribution in [2.45, 2.75) is 32.1 Å². The Kier molecular flexibility index (Phi) is 8.31. The highest BCUT2D eigenvalue weighted by Gasteiger charge is 2.13. The predicted molar refractivity (Wildman–Crippen MR) is 81.2 cm³/mol. The van der Waals surface area contributed by atoms with Crippen LogP contribution in [0.2, 0.25) is 0 Å². The fraction of sp³-hybridized carbons (Fsp3) is 0.600. The lowest BCUT2D eigenvalue weighted by atomic mass is 9.94. The van der Waals surface area contributed by atoms with Crippen molar-refractivity contribution in [3.63, 3.8) is 0 Å². The van der Waals surface area contributed by atoms with Crippen LogP contribution in [-0.2, 0) is 4.74 Å². The Labute approximate surface area is 119 Å². The van der Waals surface area contributed by atoms with Crippen LogP contribution in [0, 0.1) is 0 Å². The van der Waals surface area contributed by atoms with E-state index in [4.69, 9.17) is 4.74 Å². The fourth-order valence-electron chi connectivity index (χ4n) is 2.10. The molecular weight excluding hydrogens is 290 g/mol. The van der Waals surface area contributed by atoms with Gasteiger partial charge in [0.2, 0.25) is 0 Å². The number of nitrogens with one attached hydrogen (secondary N) is 1. The molecule has 0 amide bonds. The van der Waals surface area contributed by atoms with Gasteiger partial charge in [0.15, 0.2) is 0 Å². The van der Waals surface area contributed by atoms with E-state index in [2.05, 4.69) is 52.4 Å². The van der Waals surface area contributed by atoms with Gasteiger partial charge in [-0.05, 0) is 43.4 Å². The molecule has 102 valence electrons. The van der Waals surface area contributed by atoms with Gasteiger partial charge in [0, 0.05) is 24.7 Å². The molecule has 18 heavy (non-hydrogen) atoms. The molecule has 0 aromatic heterocycles. The highest BCUT2D eigenvalue weighted by atomic mass is 79.9. The van der Waals surface area contributed by atoms with Crippen LogP contribution in [0.4, 0.5) is 0 Å². The molecule has 1 aromatic carbocycles. The zero-order chi connectivity index (χ0) is 13.2. The number of hydrogen-bond acceptors (Lipinski definition) is 2. The van der Waals surface area contributed by atoms with Crippen LogP contribution in [-0.4, -0.2) is 26.8 Å². The summed E-state index contributed by atoms with van der Waals surface area (Å²) in [5.41, 5.74) is 1.40. The maximum atomic E-state index is 5.15. The highest BCUT2D eigenvalue weighted by molar-refractivity contribution is 9.10. The second-order valence-corrected chi connectivity index (χ2v) is 5.41. The summed E-state index contributed by atoms with van der Waals surface area (Å²) in [6.07, 6.45) is 3.45. The minimum atomic E-state index is 0.558. The van der Waals surface area contributed by atoms with Gasteiger partial charge in [-0.15, -0.1) is 0 Å². The van der Waals surface area contributed by atoms with E-state index < -0.39 is 0 Å². The van der Waals surface area contributed by atoms with Gasteiger partial charge in [0.1, 0.15) is 0 Å². The van der Waals surface area contributed by atoms with Crippen LogP contribution < -0.4 is 5.32 Å². The van der Waals surface area contributed by atoms with Crippen LogP contribution in [0.25, 0.3) is 0 Å². The van der Waals surface area contributed by atoms with Crippen LogP contribution in [0.15, 0.2) is 28.7 Å². The first kappa shape index (κ1) is 15.7. The average Bonchev–Trinajstić information content (AvgIpc) is 2.38. The van der Waals surface area contributed by atoms with Gasteiger partial charge in [-0.2, -0.15) is 0 Å². The quantitative estimate of drug-likeness (QED) is 0.697. The Morgan fingerprint density at radius 1 is 1.33 bits per heavy atom. The molecule has 0 radical (unpaired) electrons. The van der Waals surface area contributed by atoms with Crippen LogP contribution in [0.1, 0.15) is 37.7 Å². The molecule has 1 N–H and O–H groups in total. The topological polar surface area (TPSA) is 21.3 Å². The first-order valence-electron chi connectivity index (χ1n) is 6.73. The van der Waals surface area contributed by atoms with E-state index in [0.717, 1.165) is 32.5 Å². The molecule has 1 atom stereocenters. The molecule has 0 aliphatic carbocycles. The number of methoxy groups -OCH3 is 1. The van der Waals surface area contributed by atoms with E-state index >= 15 is 0 Å². The van der Waals surface area contributed by atoms with E-state index in [9.17, 15) is 0 Å². The normalized spacial score (nSPS) is 12.6. The van der Waals surface area contributed by atoms with Gasteiger partial charge >= 0.3 is 0 Å². The smallest absolute Gasteiger partial charge is 0.0462 e. The molecule has 1 rings (SSSR count). The number of ether oxygens (including phenoxy) is 1. The second-order valence-electron chi connectivity index (χ2n) is 4.56. The lowest BCUT2D eigenvalue weighted by Crippen LogP contribution is -2.23. The monoisotopic (exact) mass is 313 g/mol. The van der Waals surface area contributed by atoms with Gasteiger partial charge in [0.25, 0.3) is 0 Å². The molecule has 0 aliphatic heterocycles. The highest BCUT2D eigenvalue weighted by Crippen LogP contribution is 2.27. The minimum absolute atomic E-state index is 0.558. The number of benzene rings is 1. The van der Waals surface area contributed by atoms with Gasteiger partial charge < -0.3 is 10.1 Å².